The molecule has 0 spiro atoms. The van der Waals surface area contributed by atoms with Crippen LogP contribution in [-0.2, 0) is 6.42 Å². The highest BCUT2D eigenvalue weighted by Crippen LogP contribution is 2.15. The molecule has 0 bridgehead atoms. The van der Waals surface area contributed by atoms with Crippen molar-refractivity contribution in [2.24, 2.45) is 0 Å². The third-order valence-electron chi connectivity index (χ3n) is 3.62. The SMILES string of the molecule is CC(=O)c1ccc(C(=O)Nc2ccc(Cc3cccc(Cl)c3)cn2)nn1. The molecule has 0 fully saturated rings. The number of ketones is 1. The second-order valence-corrected chi connectivity index (χ2v) is 6.11. The van der Waals surface area contributed by atoms with E-state index in [-0.39, 0.29) is 17.2 Å². The van der Waals surface area contributed by atoms with Crippen molar-refractivity contribution in [1.82, 2.24) is 15.2 Å². The highest BCUT2D eigenvalue weighted by Gasteiger charge is 2.10. The lowest BCUT2D eigenvalue weighted by Gasteiger charge is -2.06. The Balaban J connectivity index is 1.65. The first-order valence-electron chi connectivity index (χ1n) is 7.86. The number of Topliss-reactive ketones (excluding diaryl/α,β-unsaturated/α-hetero) is 1. The number of amides is 1. The van der Waals surface area contributed by atoms with E-state index in [9.17, 15) is 9.59 Å². The summed E-state index contributed by atoms with van der Waals surface area (Å²) in [6.07, 6.45) is 2.39. The number of halogens is 1. The molecule has 0 aliphatic heterocycles. The summed E-state index contributed by atoms with van der Waals surface area (Å²) in [5, 5.41) is 10.8. The number of rotatable bonds is 5. The van der Waals surface area contributed by atoms with Gasteiger partial charge in [-0.3, -0.25) is 9.59 Å². The van der Waals surface area contributed by atoms with E-state index >= 15 is 0 Å². The van der Waals surface area contributed by atoms with Gasteiger partial charge in [0.1, 0.15) is 11.5 Å². The second-order valence-electron chi connectivity index (χ2n) is 5.67. The molecule has 1 amide bonds. The van der Waals surface area contributed by atoms with Gasteiger partial charge >= 0.3 is 0 Å². The van der Waals surface area contributed by atoms with Gasteiger partial charge < -0.3 is 5.32 Å². The van der Waals surface area contributed by atoms with E-state index < -0.39 is 5.91 Å². The van der Waals surface area contributed by atoms with Crippen LogP contribution in [0.3, 0.4) is 0 Å². The average Bonchev–Trinajstić information content (AvgIpc) is 2.63. The molecule has 1 aromatic carbocycles. The summed E-state index contributed by atoms with van der Waals surface area (Å²) >= 11 is 5.99. The van der Waals surface area contributed by atoms with Gasteiger partial charge in [-0.05, 0) is 47.9 Å². The molecular formula is C19H15ClN4O2. The standard InChI is InChI=1S/C19H15ClN4O2/c1-12(25)16-6-7-17(24-23-16)19(26)22-18-8-5-14(11-21-18)9-13-3-2-4-15(20)10-13/h2-8,10-11H,9H2,1H3,(H,21,22,26). The Kier molecular flexibility index (Phi) is 5.34. The van der Waals surface area contributed by atoms with Crippen molar-refractivity contribution in [3.63, 3.8) is 0 Å². The van der Waals surface area contributed by atoms with Crippen molar-refractivity contribution in [3.8, 4) is 0 Å². The molecule has 2 heterocycles. The van der Waals surface area contributed by atoms with Crippen LogP contribution in [0, 0.1) is 0 Å². The number of hydrogen-bond acceptors (Lipinski definition) is 5. The highest BCUT2D eigenvalue weighted by atomic mass is 35.5. The zero-order valence-electron chi connectivity index (χ0n) is 13.9. The summed E-state index contributed by atoms with van der Waals surface area (Å²) in [4.78, 5) is 27.6. The van der Waals surface area contributed by atoms with Crippen LogP contribution in [0.1, 0.15) is 39.0 Å². The van der Waals surface area contributed by atoms with Crippen molar-refractivity contribution in [2.45, 2.75) is 13.3 Å². The summed E-state index contributed by atoms with van der Waals surface area (Å²) in [6, 6.07) is 14.1. The maximum Gasteiger partial charge on any atom is 0.277 e. The van der Waals surface area contributed by atoms with Crippen LogP contribution in [0.5, 0.6) is 0 Å². The Morgan fingerprint density at radius 1 is 1.00 bits per heavy atom. The molecule has 6 nitrogen and oxygen atoms in total. The predicted octanol–water partition coefficient (Wildman–Crippen LogP) is 3.57. The normalized spacial score (nSPS) is 10.4. The molecule has 0 saturated carbocycles. The van der Waals surface area contributed by atoms with Crippen molar-refractivity contribution in [3.05, 3.63) is 82.3 Å². The average molecular weight is 367 g/mol. The van der Waals surface area contributed by atoms with Crippen LogP contribution in [0.25, 0.3) is 0 Å². The van der Waals surface area contributed by atoms with Gasteiger partial charge in [0.25, 0.3) is 5.91 Å². The van der Waals surface area contributed by atoms with Crippen molar-refractivity contribution in [2.75, 3.05) is 5.32 Å². The molecule has 0 unspecified atom stereocenters. The van der Waals surface area contributed by atoms with Gasteiger partial charge in [0.05, 0.1) is 0 Å². The largest absolute Gasteiger partial charge is 0.305 e. The fraction of sp³-hybridized carbons (Fsp3) is 0.105. The molecule has 26 heavy (non-hydrogen) atoms. The Morgan fingerprint density at radius 3 is 2.38 bits per heavy atom. The van der Waals surface area contributed by atoms with Gasteiger partial charge in [0.15, 0.2) is 11.5 Å². The quantitative estimate of drug-likeness (QED) is 0.698. The number of carbonyl (C=O) groups excluding carboxylic acids is 2. The molecule has 0 radical (unpaired) electrons. The zero-order valence-corrected chi connectivity index (χ0v) is 14.7. The van der Waals surface area contributed by atoms with Gasteiger partial charge in [0.2, 0.25) is 0 Å². The molecule has 0 saturated heterocycles. The predicted molar refractivity (Wildman–Crippen MR) is 98.5 cm³/mol. The van der Waals surface area contributed by atoms with Crippen LogP contribution in [0.4, 0.5) is 5.82 Å². The number of nitrogens with one attached hydrogen (secondary N) is 1. The molecule has 3 aromatic rings. The molecule has 7 heteroatoms. The van der Waals surface area contributed by atoms with Crippen LogP contribution in [0.15, 0.2) is 54.7 Å². The first kappa shape index (κ1) is 17.7. The molecule has 2 aromatic heterocycles. The lowest BCUT2D eigenvalue weighted by atomic mass is 10.1. The monoisotopic (exact) mass is 366 g/mol. The van der Waals surface area contributed by atoms with E-state index in [1.807, 2.05) is 30.3 Å². The summed E-state index contributed by atoms with van der Waals surface area (Å²) in [6.45, 7) is 1.39. The fourth-order valence-electron chi connectivity index (χ4n) is 2.31. The second kappa shape index (κ2) is 7.84. The zero-order chi connectivity index (χ0) is 18.5. The molecule has 0 aliphatic carbocycles. The molecule has 0 aliphatic rings. The fourth-order valence-corrected chi connectivity index (χ4v) is 2.52. The third-order valence-corrected chi connectivity index (χ3v) is 3.86. The van der Waals surface area contributed by atoms with Crippen LogP contribution < -0.4 is 5.32 Å². The number of anilines is 1. The van der Waals surface area contributed by atoms with Crippen LogP contribution in [-0.4, -0.2) is 26.9 Å². The van der Waals surface area contributed by atoms with Crippen LogP contribution >= 0.6 is 11.6 Å². The molecular weight excluding hydrogens is 352 g/mol. The van der Waals surface area contributed by atoms with Crippen molar-refractivity contribution < 1.29 is 9.59 Å². The Hall–Kier alpha value is -3.12. The third kappa shape index (κ3) is 4.49. The maximum atomic E-state index is 12.2. The first-order valence-corrected chi connectivity index (χ1v) is 8.24. The van der Waals surface area contributed by atoms with Gasteiger partial charge in [-0.15, -0.1) is 10.2 Å². The summed E-state index contributed by atoms with van der Waals surface area (Å²) in [7, 11) is 0. The lowest BCUT2D eigenvalue weighted by molar-refractivity contribution is 0.0996. The van der Waals surface area contributed by atoms with Gasteiger partial charge in [-0.25, -0.2) is 4.98 Å². The smallest absolute Gasteiger partial charge is 0.277 e. The van der Waals surface area contributed by atoms with E-state index in [2.05, 4.69) is 20.5 Å². The Bertz CT molecular complexity index is 941. The molecule has 130 valence electrons. The number of pyridine rings is 1. The van der Waals surface area contributed by atoms with Crippen molar-refractivity contribution in [1.29, 1.82) is 0 Å². The summed E-state index contributed by atoms with van der Waals surface area (Å²) in [5.41, 5.74) is 2.40. The van der Waals surface area contributed by atoms with E-state index in [4.69, 9.17) is 11.6 Å². The summed E-state index contributed by atoms with van der Waals surface area (Å²) in [5.74, 6) is -0.244. The van der Waals surface area contributed by atoms with Gasteiger partial charge in [-0.1, -0.05) is 29.8 Å². The number of carbonyl (C=O) groups is 2. The molecule has 3 rings (SSSR count). The number of aromatic nitrogens is 3. The topological polar surface area (TPSA) is 84.8 Å². The molecule has 0 atom stereocenters. The van der Waals surface area contributed by atoms with E-state index in [1.165, 1.54) is 19.1 Å². The Morgan fingerprint density at radius 2 is 1.77 bits per heavy atom. The number of nitrogens with zero attached hydrogens (tertiary/aromatic N) is 3. The minimum Gasteiger partial charge on any atom is -0.305 e. The van der Waals surface area contributed by atoms with E-state index in [0.29, 0.717) is 17.3 Å². The molecule has 1 N–H and O–H groups in total. The lowest BCUT2D eigenvalue weighted by Crippen LogP contribution is -2.16. The van der Waals surface area contributed by atoms with Gasteiger partial charge in [0, 0.05) is 18.1 Å². The minimum atomic E-state index is -0.442. The Labute approximate surface area is 155 Å². The first-order chi connectivity index (χ1) is 12.5. The highest BCUT2D eigenvalue weighted by molar-refractivity contribution is 6.30. The van der Waals surface area contributed by atoms with E-state index in [0.717, 1.165) is 11.1 Å². The summed E-state index contributed by atoms with van der Waals surface area (Å²) < 4.78 is 0. The number of benzene rings is 1. The maximum absolute atomic E-state index is 12.2. The van der Waals surface area contributed by atoms with Crippen molar-refractivity contribution >= 4 is 29.1 Å². The van der Waals surface area contributed by atoms with Gasteiger partial charge in [-0.2, -0.15) is 0 Å². The van der Waals surface area contributed by atoms with Crippen LogP contribution in [0.2, 0.25) is 5.02 Å². The number of hydrogen-bond donors (Lipinski definition) is 1. The van der Waals surface area contributed by atoms with E-state index in [1.54, 1.807) is 12.3 Å². The minimum absolute atomic E-state index is 0.111.